The van der Waals surface area contributed by atoms with Gasteiger partial charge >= 0.3 is 5.97 Å². The summed E-state index contributed by atoms with van der Waals surface area (Å²) < 4.78 is 13.1. The van der Waals surface area contributed by atoms with E-state index in [9.17, 15) is 4.79 Å². The van der Waals surface area contributed by atoms with E-state index in [2.05, 4.69) is 16.1 Å². The number of ether oxygens (including phenoxy) is 2. The number of carbonyl (C=O) groups is 1. The van der Waals surface area contributed by atoms with Crippen LogP contribution in [0.5, 0.6) is 0 Å². The van der Waals surface area contributed by atoms with E-state index in [-0.39, 0.29) is 12.1 Å². The zero-order valence-corrected chi connectivity index (χ0v) is 17.2. The Kier molecular flexibility index (Phi) is 5.02. The van der Waals surface area contributed by atoms with Gasteiger partial charge < -0.3 is 9.47 Å². The maximum atomic E-state index is 11.8. The molecule has 0 bridgehead atoms. The molecule has 2 aliphatic heterocycles. The van der Waals surface area contributed by atoms with E-state index in [4.69, 9.17) is 14.7 Å². The Labute approximate surface area is 180 Å². The minimum atomic E-state index is -0.242. The van der Waals surface area contributed by atoms with Crippen LogP contribution in [0.2, 0.25) is 0 Å². The van der Waals surface area contributed by atoms with Gasteiger partial charge in [-0.05, 0) is 42.3 Å². The number of aromatic nitrogens is 2. The Morgan fingerprint density at radius 3 is 3.06 bits per heavy atom. The molecule has 0 amide bonds. The number of hydrogen-bond donors (Lipinski definition) is 0. The van der Waals surface area contributed by atoms with Crippen molar-refractivity contribution >= 4 is 5.97 Å². The number of carbonyl (C=O) groups excluding carboxylic acids is 1. The summed E-state index contributed by atoms with van der Waals surface area (Å²) in [4.78, 5) is 14.2. The molecule has 7 heteroatoms. The molecule has 0 radical (unpaired) electrons. The number of morpholine rings is 1. The Morgan fingerprint density at radius 1 is 1.29 bits per heavy atom. The van der Waals surface area contributed by atoms with E-state index < -0.39 is 0 Å². The second-order valence-corrected chi connectivity index (χ2v) is 7.93. The maximum Gasteiger partial charge on any atom is 0.338 e. The summed E-state index contributed by atoms with van der Waals surface area (Å²) in [5.41, 5.74) is 6.43. The molecule has 3 aromatic rings. The highest BCUT2D eigenvalue weighted by Gasteiger charge is 2.29. The maximum absolute atomic E-state index is 11.8. The van der Waals surface area contributed by atoms with E-state index in [0.717, 1.165) is 47.6 Å². The van der Waals surface area contributed by atoms with Crippen molar-refractivity contribution < 1.29 is 14.3 Å². The van der Waals surface area contributed by atoms with E-state index in [1.807, 2.05) is 49.6 Å². The molecule has 1 aromatic heterocycles. The normalized spacial score (nSPS) is 18.5. The van der Waals surface area contributed by atoms with E-state index >= 15 is 0 Å². The summed E-state index contributed by atoms with van der Waals surface area (Å²) in [6.07, 6.45) is 3.83. The van der Waals surface area contributed by atoms with Crippen molar-refractivity contribution in [2.75, 3.05) is 19.7 Å². The molecule has 2 aromatic carbocycles. The molecule has 1 atom stereocenters. The first-order valence-corrected chi connectivity index (χ1v) is 10.3. The molecule has 1 unspecified atom stereocenters. The number of nitriles is 1. The molecule has 3 heterocycles. The summed E-state index contributed by atoms with van der Waals surface area (Å²) in [7, 11) is 0. The van der Waals surface area contributed by atoms with Crippen LogP contribution in [-0.2, 0) is 22.6 Å². The van der Waals surface area contributed by atoms with E-state index in [1.165, 1.54) is 0 Å². The average Bonchev–Trinajstić information content (AvgIpc) is 3.42. The van der Waals surface area contributed by atoms with Gasteiger partial charge in [0, 0.05) is 37.0 Å². The topological polar surface area (TPSA) is 80.4 Å². The zero-order valence-electron chi connectivity index (χ0n) is 17.2. The van der Waals surface area contributed by atoms with Crippen LogP contribution in [0.25, 0.3) is 5.69 Å². The molecule has 0 saturated carbocycles. The molecular formula is C24H22N4O3. The third kappa shape index (κ3) is 3.72. The van der Waals surface area contributed by atoms with Crippen LogP contribution in [0.3, 0.4) is 0 Å². The van der Waals surface area contributed by atoms with Gasteiger partial charge in [-0.25, -0.2) is 9.48 Å². The third-order valence-corrected chi connectivity index (χ3v) is 5.99. The second-order valence-electron chi connectivity index (χ2n) is 7.93. The van der Waals surface area contributed by atoms with Crippen LogP contribution in [0.4, 0.5) is 0 Å². The molecule has 7 nitrogen and oxygen atoms in total. The largest absolute Gasteiger partial charge is 0.457 e. The van der Waals surface area contributed by atoms with Crippen molar-refractivity contribution in [1.82, 2.24) is 14.7 Å². The lowest BCUT2D eigenvalue weighted by Crippen LogP contribution is -2.38. The summed E-state index contributed by atoms with van der Waals surface area (Å²) in [5.74, 6) is -0.242. The lowest BCUT2D eigenvalue weighted by Gasteiger charge is -2.33. The van der Waals surface area contributed by atoms with Gasteiger partial charge in [-0.3, -0.25) is 4.90 Å². The number of rotatable bonds is 4. The van der Waals surface area contributed by atoms with Crippen LogP contribution < -0.4 is 0 Å². The number of benzene rings is 2. The van der Waals surface area contributed by atoms with Gasteiger partial charge in [0.05, 0.1) is 41.8 Å². The van der Waals surface area contributed by atoms with Gasteiger partial charge in [0.1, 0.15) is 6.61 Å². The Hall–Kier alpha value is -3.47. The van der Waals surface area contributed by atoms with Crippen LogP contribution in [0, 0.1) is 18.3 Å². The number of hydrogen-bond acceptors (Lipinski definition) is 6. The van der Waals surface area contributed by atoms with Crippen LogP contribution in [0.15, 0.2) is 48.8 Å². The van der Waals surface area contributed by atoms with Crippen molar-refractivity contribution in [2.24, 2.45) is 0 Å². The van der Waals surface area contributed by atoms with Crippen molar-refractivity contribution in [1.29, 1.82) is 5.26 Å². The predicted octanol–water partition coefficient (Wildman–Crippen LogP) is 3.30. The Balaban J connectivity index is 1.30. The average molecular weight is 414 g/mol. The van der Waals surface area contributed by atoms with Crippen molar-refractivity contribution in [3.63, 3.8) is 0 Å². The third-order valence-electron chi connectivity index (χ3n) is 5.99. The first-order valence-electron chi connectivity index (χ1n) is 10.3. The number of cyclic esters (lactones) is 1. The summed E-state index contributed by atoms with van der Waals surface area (Å²) in [6, 6.07) is 13.4. The molecule has 156 valence electrons. The first-order chi connectivity index (χ1) is 15.1. The number of nitrogens with zero attached hydrogens (tertiary/aromatic N) is 4. The fourth-order valence-corrected chi connectivity index (χ4v) is 4.31. The fraction of sp³-hybridized carbons (Fsp3) is 0.292. The summed E-state index contributed by atoms with van der Waals surface area (Å²) in [5, 5.41) is 13.6. The minimum absolute atomic E-state index is 0.0443. The summed E-state index contributed by atoms with van der Waals surface area (Å²) >= 11 is 0. The molecule has 0 N–H and O–H groups in total. The Bertz CT molecular complexity index is 1190. The van der Waals surface area contributed by atoms with Crippen molar-refractivity contribution in [2.45, 2.75) is 26.2 Å². The SMILES string of the molecule is Cc1c(C2CN(Cc3cnn(-c4cccc(C#N)c4)c3)CCO2)ccc2c1COC2=O. The van der Waals surface area contributed by atoms with E-state index in [1.54, 1.807) is 10.7 Å². The number of esters is 1. The Morgan fingerprint density at radius 2 is 2.19 bits per heavy atom. The second kappa shape index (κ2) is 7.99. The van der Waals surface area contributed by atoms with Gasteiger partial charge in [0.25, 0.3) is 0 Å². The van der Waals surface area contributed by atoms with Crippen LogP contribution >= 0.6 is 0 Å². The van der Waals surface area contributed by atoms with Crippen molar-refractivity contribution in [3.8, 4) is 11.8 Å². The van der Waals surface area contributed by atoms with Crippen molar-refractivity contribution in [3.05, 3.63) is 82.2 Å². The smallest absolute Gasteiger partial charge is 0.338 e. The molecule has 0 spiro atoms. The lowest BCUT2D eigenvalue weighted by molar-refractivity contribution is -0.0332. The van der Waals surface area contributed by atoms with Gasteiger partial charge in [0.2, 0.25) is 0 Å². The highest BCUT2D eigenvalue weighted by atomic mass is 16.5. The standard InChI is InChI=1S/C24H22N4O3/c1-16-20(5-6-21-22(16)15-31-24(21)29)23-14-27(7-8-30-23)12-18-11-26-28(13-18)19-4-2-3-17(9-19)10-25/h2-6,9,11,13,23H,7-8,12,14-15H2,1H3. The first kappa shape index (κ1) is 19.5. The van der Waals surface area contributed by atoms with Gasteiger partial charge in [0.15, 0.2) is 0 Å². The molecule has 2 aliphatic rings. The fourth-order valence-electron chi connectivity index (χ4n) is 4.31. The molecule has 5 rings (SSSR count). The van der Waals surface area contributed by atoms with E-state index in [0.29, 0.717) is 24.3 Å². The van der Waals surface area contributed by atoms with Gasteiger partial charge in [-0.2, -0.15) is 10.4 Å². The number of fused-ring (bicyclic) bond motifs is 1. The van der Waals surface area contributed by atoms with Crippen LogP contribution in [-0.4, -0.2) is 40.3 Å². The van der Waals surface area contributed by atoms with Gasteiger partial charge in [-0.15, -0.1) is 0 Å². The summed E-state index contributed by atoms with van der Waals surface area (Å²) in [6.45, 7) is 5.41. The highest BCUT2D eigenvalue weighted by Crippen LogP contribution is 2.32. The molecule has 0 aliphatic carbocycles. The molecular weight excluding hydrogens is 392 g/mol. The minimum Gasteiger partial charge on any atom is -0.457 e. The lowest BCUT2D eigenvalue weighted by atomic mass is 9.94. The quantitative estimate of drug-likeness (QED) is 0.610. The highest BCUT2D eigenvalue weighted by molar-refractivity contribution is 5.93. The van der Waals surface area contributed by atoms with Gasteiger partial charge in [-0.1, -0.05) is 12.1 Å². The zero-order chi connectivity index (χ0) is 21.4. The molecule has 1 fully saturated rings. The predicted molar refractivity (Wildman–Crippen MR) is 113 cm³/mol. The molecule has 1 saturated heterocycles. The molecule has 31 heavy (non-hydrogen) atoms. The van der Waals surface area contributed by atoms with Crippen LogP contribution in [0.1, 0.15) is 44.3 Å². The monoisotopic (exact) mass is 414 g/mol.